The lowest BCUT2D eigenvalue weighted by atomic mass is 10.3. The van der Waals surface area contributed by atoms with Gasteiger partial charge in [0.15, 0.2) is 6.10 Å². The van der Waals surface area contributed by atoms with Gasteiger partial charge >= 0.3 is 17.9 Å². The molecule has 0 saturated heterocycles. The number of esters is 3. The third-order valence-corrected chi connectivity index (χ3v) is 3.01. The van der Waals surface area contributed by atoms with Gasteiger partial charge in [0.1, 0.15) is 5.75 Å². The molecule has 0 aliphatic rings. The van der Waals surface area contributed by atoms with E-state index in [1.807, 2.05) is 0 Å². The number of carbonyl (C=O) groups excluding carboxylic acids is 3. The highest BCUT2D eigenvalue weighted by atomic mass is 79.9. The number of rotatable bonds is 6. The van der Waals surface area contributed by atoms with Gasteiger partial charge < -0.3 is 14.2 Å². The molecule has 22 heavy (non-hydrogen) atoms. The van der Waals surface area contributed by atoms with Crippen molar-refractivity contribution in [3.63, 3.8) is 0 Å². The number of carbonyl (C=O) groups is 3. The van der Waals surface area contributed by atoms with Crippen LogP contribution in [0.1, 0.15) is 13.3 Å². The Hall–Kier alpha value is -2.15. The lowest BCUT2D eigenvalue weighted by Crippen LogP contribution is -2.30. The van der Waals surface area contributed by atoms with E-state index in [0.717, 1.165) is 16.6 Å². The second-order valence-electron chi connectivity index (χ2n) is 4.07. The fourth-order valence-electron chi connectivity index (χ4n) is 1.37. The zero-order valence-corrected chi connectivity index (χ0v) is 13.7. The summed E-state index contributed by atoms with van der Waals surface area (Å²) in [5.74, 6) is -1.87. The Balaban J connectivity index is 2.61. The summed E-state index contributed by atoms with van der Waals surface area (Å²) < 4.78 is 15.2. The van der Waals surface area contributed by atoms with Gasteiger partial charge in [0.2, 0.25) is 0 Å². The first-order valence-corrected chi connectivity index (χ1v) is 7.19. The molecule has 0 heterocycles. The molecule has 0 amide bonds. The molecule has 1 aromatic carbocycles. The average molecular weight is 371 g/mol. The van der Waals surface area contributed by atoms with Crippen LogP contribution in [0.25, 0.3) is 0 Å². The van der Waals surface area contributed by atoms with Crippen molar-refractivity contribution >= 4 is 33.8 Å². The van der Waals surface area contributed by atoms with Gasteiger partial charge in [0.25, 0.3) is 0 Å². The maximum Gasteiger partial charge on any atom is 0.352 e. The number of benzene rings is 1. The molecule has 1 aromatic rings. The van der Waals surface area contributed by atoms with E-state index in [4.69, 9.17) is 9.47 Å². The Morgan fingerprint density at radius 3 is 2.27 bits per heavy atom. The van der Waals surface area contributed by atoms with Crippen molar-refractivity contribution in [1.82, 2.24) is 0 Å². The number of ether oxygens (including phenoxy) is 3. The van der Waals surface area contributed by atoms with Crippen LogP contribution in [0, 0.1) is 0 Å². The van der Waals surface area contributed by atoms with E-state index in [0.29, 0.717) is 5.75 Å². The van der Waals surface area contributed by atoms with Crippen LogP contribution < -0.4 is 4.74 Å². The lowest BCUT2D eigenvalue weighted by Gasteiger charge is -2.14. The minimum atomic E-state index is -1.06. The second kappa shape index (κ2) is 8.99. The topological polar surface area (TPSA) is 78.9 Å². The average Bonchev–Trinajstić information content (AvgIpc) is 2.52. The van der Waals surface area contributed by atoms with E-state index in [2.05, 4.69) is 20.7 Å². The molecule has 0 N–H and O–H groups in total. The summed E-state index contributed by atoms with van der Waals surface area (Å²) in [6.45, 7) is 1.67. The molecule has 0 aromatic heterocycles. The standard InChI is InChI=1S/C15H15BrO6/c1-3-12(22-14(18)9-8-13(17)20-2)15(19)21-11-6-4-10(16)5-7-11/h4-9,12H,3H2,1-2H3/b9-8-. The molecule has 1 atom stereocenters. The molecule has 6 nitrogen and oxygen atoms in total. The van der Waals surface area contributed by atoms with Gasteiger partial charge in [-0.25, -0.2) is 14.4 Å². The first-order chi connectivity index (χ1) is 10.5. The van der Waals surface area contributed by atoms with Crippen molar-refractivity contribution in [2.45, 2.75) is 19.4 Å². The highest BCUT2D eigenvalue weighted by Crippen LogP contribution is 2.17. The summed E-state index contributed by atoms with van der Waals surface area (Å²) in [5, 5.41) is 0. The van der Waals surface area contributed by atoms with E-state index in [1.54, 1.807) is 31.2 Å². The van der Waals surface area contributed by atoms with E-state index in [9.17, 15) is 14.4 Å². The van der Waals surface area contributed by atoms with Gasteiger partial charge in [-0.1, -0.05) is 22.9 Å². The van der Waals surface area contributed by atoms with Crippen LogP contribution in [-0.2, 0) is 23.9 Å². The van der Waals surface area contributed by atoms with Crippen LogP contribution in [0.2, 0.25) is 0 Å². The maximum absolute atomic E-state index is 11.9. The first kappa shape index (κ1) is 17.9. The molecule has 0 aliphatic carbocycles. The Labute approximate surface area is 136 Å². The zero-order valence-electron chi connectivity index (χ0n) is 12.1. The molecule has 118 valence electrons. The Bertz CT molecular complexity index is 564. The predicted molar refractivity (Wildman–Crippen MR) is 81.1 cm³/mol. The lowest BCUT2D eigenvalue weighted by molar-refractivity contribution is -0.159. The smallest absolute Gasteiger partial charge is 0.352 e. The van der Waals surface area contributed by atoms with Crippen LogP contribution in [-0.4, -0.2) is 31.1 Å². The van der Waals surface area contributed by atoms with Crippen LogP contribution in [0.15, 0.2) is 40.9 Å². The summed E-state index contributed by atoms with van der Waals surface area (Å²) in [6, 6.07) is 6.64. The highest BCUT2D eigenvalue weighted by Gasteiger charge is 2.22. The van der Waals surface area contributed by atoms with Gasteiger partial charge in [0, 0.05) is 16.6 Å². The number of hydrogen-bond acceptors (Lipinski definition) is 6. The summed E-state index contributed by atoms with van der Waals surface area (Å²) in [4.78, 5) is 34.3. The predicted octanol–water partition coefficient (Wildman–Crippen LogP) is 2.41. The Morgan fingerprint density at radius 2 is 1.73 bits per heavy atom. The van der Waals surface area contributed by atoms with E-state index >= 15 is 0 Å². The molecule has 0 radical (unpaired) electrons. The zero-order chi connectivity index (χ0) is 16.5. The van der Waals surface area contributed by atoms with Crippen molar-refractivity contribution in [2.24, 2.45) is 0 Å². The van der Waals surface area contributed by atoms with Gasteiger partial charge in [-0.15, -0.1) is 0 Å². The molecule has 7 heteroatoms. The SMILES string of the molecule is CCC(OC(=O)/C=C\C(=O)OC)C(=O)Oc1ccc(Br)cc1. The molecule has 0 fully saturated rings. The van der Waals surface area contributed by atoms with Gasteiger partial charge in [-0.2, -0.15) is 0 Å². The van der Waals surface area contributed by atoms with Crippen molar-refractivity contribution in [3.8, 4) is 5.75 Å². The molecular weight excluding hydrogens is 356 g/mol. The maximum atomic E-state index is 11.9. The largest absolute Gasteiger partial charge is 0.466 e. The third-order valence-electron chi connectivity index (χ3n) is 2.48. The molecular formula is C15H15BrO6. The van der Waals surface area contributed by atoms with Crippen LogP contribution in [0.3, 0.4) is 0 Å². The third kappa shape index (κ3) is 6.09. The van der Waals surface area contributed by atoms with Crippen LogP contribution in [0.4, 0.5) is 0 Å². The summed E-state index contributed by atoms with van der Waals surface area (Å²) in [7, 11) is 1.18. The number of methoxy groups -OCH3 is 1. The fraction of sp³-hybridized carbons (Fsp3) is 0.267. The molecule has 0 saturated carbocycles. The minimum Gasteiger partial charge on any atom is -0.466 e. The summed E-state index contributed by atoms with van der Waals surface area (Å²) in [5.41, 5.74) is 0. The van der Waals surface area contributed by atoms with Crippen LogP contribution in [0.5, 0.6) is 5.75 Å². The number of halogens is 1. The highest BCUT2D eigenvalue weighted by molar-refractivity contribution is 9.10. The second-order valence-corrected chi connectivity index (χ2v) is 4.98. The molecule has 0 spiro atoms. The molecule has 0 aliphatic heterocycles. The first-order valence-electron chi connectivity index (χ1n) is 6.40. The molecule has 0 bridgehead atoms. The minimum absolute atomic E-state index is 0.243. The van der Waals surface area contributed by atoms with E-state index in [-0.39, 0.29) is 6.42 Å². The van der Waals surface area contributed by atoms with Crippen molar-refractivity contribution in [2.75, 3.05) is 7.11 Å². The summed E-state index contributed by atoms with van der Waals surface area (Å²) >= 11 is 3.27. The van der Waals surface area contributed by atoms with Crippen molar-refractivity contribution < 1.29 is 28.6 Å². The molecule has 1 rings (SSSR count). The Morgan fingerprint density at radius 1 is 1.14 bits per heavy atom. The number of hydrogen-bond donors (Lipinski definition) is 0. The quantitative estimate of drug-likeness (QED) is 0.434. The van der Waals surface area contributed by atoms with Crippen LogP contribution >= 0.6 is 15.9 Å². The summed E-state index contributed by atoms with van der Waals surface area (Å²) in [6.07, 6.45) is 0.988. The Kier molecular flexibility index (Phi) is 7.31. The van der Waals surface area contributed by atoms with Crippen molar-refractivity contribution in [3.05, 3.63) is 40.9 Å². The van der Waals surface area contributed by atoms with Gasteiger partial charge in [-0.05, 0) is 30.7 Å². The normalized spacial score (nSPS) is 11.8. The van der Waals surface area contributed by atoms with Gasteiger partial charge in [0.05, 0.1) is 7.11 Å². The fourth-order valence-corrected chi connectivity index (χ4v) is 1.63. The van der Waals surface area contributed by atoms with E-state index in [1.165, 1.54) is 7.11 Å². The van der Waals surface area contributed by atoms with E-state index < -0.39 is 24.0 Å². The monoisotopic (exact) mass is 370 g/mol. The van der Waals surface area contributed by atoms with Crippen molar-refractivity contribution in [1.29, 1.82) is 0 Å². The van der Waals surface area contributed by atoms with Gasteiger partial charge in [-0.3, -0.25) is 0 Å². The molecule has 1 unspecified atom stereocenters.